The minimum atomic E-state index is -0.388. The van der Waals surface area contributed by atoms with Gasteiger partial charge >= 0.3 is 5.97 Å². The SMILES string of the molecule is COC(=O)CCNC(=O)c1nn(CC2CC2)c2c1CN(C(=O)c1sccc1Cl)CC2. The van der Waals surface area contributed by atoms with Crippen LogP contribution in [0.2, 0.25) is 5.02 Å². The molecule has 0 spiro atoms. The number of methoxy groups -OCH3 is 1. The van der Waals surface area contributed by atoms with E-state index in [0.717, 1.165) is 17.8 Å². The Labute approximate surface area is 183 Å². The summed E-state index contributed by atoms with van der Waals surface area (Å²) in [7, 11) is 1.31. The first kappa shape index (κ1) is 20.9. The number of rotatable bonds is 7. The molecule has 10 heteroatoms. The van der Waals surface area contributed by atoms with Gasteiger partial charge in [-0.15, -0.1) is 11.3 Å². The van der Waals surface area contributed by atoms with Crippen LogP contribution >= 0.6 is 22.9 Å². The number of esters is 1. The van der Waals surface area contributed by atoms with Crippen molar-refractivity contribution < 1.29 is 19.1 Å². The lowest BCUT2D eigenvalue weighted by Crippen LogP contribution is -2.37. The van der Waals surface area contributed by atoms with Gasteiger partial charge in [-0.2, -0.15) is 5.10 Å². The fourth-order valence-electron chi connectivity index (χ4n) is 3.60. The summed E-state index contributed by atoms with van der Waals surface area (Å²) in [6.45, 7) is 1.83. The molecule has 1 aliphatic heterocycles. The molecule has 3 heterocycles. The Morgan fingerprint density at radius 3 is 2.83 bits per heavy atom. The molecule has 2 aromatic rings. The number of fused-ring (bicyclic) bond motifs is 1. The third-order valence-electron chi connectivity index (χ3n) is 5.42. The van der Waals surface area contributed by atoms with Crippen LogP contribution in [-0.2, 0) is 29.0 Å². The summed E-state index contributed by atoms with van der Waals surface area (Å²) in [5, 5.41) is 9.57. The molecule has 2 amide bonds. The maximum atomic E-state index is 12.9. The van der Waals surface area contributed by atoms with Crippen molar-refractivity contribution in [1.82, 2.24) is 20.0 Å². The summed E-state index contributed by atoms with van der Waals surface area (Å²) in [6.07, 6.45) is 3.08. The first-order chi connectivity index (χ1) is 14.5. The predicted molar refractivity (Wildman–Crippen MR) is 112 cm³/mol. The molecule has 30 heavy (non-hydrogen) atoms. The number of halogens is 1. The topological polar surface area (TPSA) is 93.5 Å². The lowest BCUT2D eigenvalue weighted by atomic mass is 10.0. The number of nitrogens with one attached hydrogen (secondary N) is 1. The van der Waals surface area contributed by atoms with E-state index in [1.165, 1.54) is 31.3 Å². The van der Waals surface area contributed by atoms with Crippen LogP contribution in [0.25, 0.3) is 0 Å². The van der Waals surface area contributed by atoms with E-state index in [9.17, 15) is 14.4 Å². The van der Waals surface area contributed by atoms with Crippen molar-refractivity contribution in [2.45, 2.75) is 38.8 Å². The molecule has 2 aliphatic rings. The monoisotopic (exact) mass is 450 g/mol. The Morgan fingerprint density at radius 1 is 1.37 bits per heavy atom. The van der Waals surface area contributed by atoms with Gasteiger partial charge in [0.2, 0.25) is 0 Å². The Balaban J connectivity index is 1.55. The molecule has 0 saturated heterocycles. The van der Waals surface area contributed by atoms with Crippen LogP contribution in [0.5, 0.6) is 0 Å². The highest BCUT2D eigenvalue weighted by Gasteiger charge is 2.33. The van der Waals surface area contributed by atoms with Gasteiger partial charge in [-0.3, -0.25) is 19.1 Å². The van der Waals surface area contributed by atoms with E-state index in [-0.39, 0.29) is 30.7 Å². The Kier molecular flexibility index (Phi) is 6.10. The van der Waals surface area contributed by atoms with Crippen LogP contribution in [0.1, 0.15) is 50.7 Å². The van der Waals surface area contributed by atoms with Crippen LogP contribution in [-0.4, -0.2) is 52.7 Å². The molecule has 1 aliphatic carbocycles. The van der Waals surface area contributed by atoms with E-state index in [1.54, 1.807) is 16.3 Å². The van der Waals surface area contributed by atoms with Crippen molar-refractivity contribution in [2.24, 2.45) is 5.92 Å². The Morgan fingerprint density at radius 2 is 2.17 bits per heavy atom. The van der Waals surface area contributed by atoms with E-state index in [2.05, 4.69) is 15.2 Å². The summed E-state index contributed by atoms with van der Waals surface area (Å²) < 4.78 is 6.54. The quantitative estimate of drug-likeness (QED) is 0.654. The van der Waals surface area contributed by atoms with Crippen LogP contribution in [0.15, 0.2) is 11.4 Å². The van der Waals surface area contributed by atoms with Gasteiger partial charge in [0.05, 0.1) is 25.1 Å². The highest BCUT2D eigenvalue weighted by Crippen LogP contribution is 2.33. The molecule has 1 N–H and O–H groups in total. The van der Waals surface area contributed by atoms with Gasteiger partial charge in [0.15, 0.2) is 5.69 Å². The zero-order chi connectivity index (χ0) is 21.3. The van der Waals surface area contributed by atoms with Crippen LogP contribution in [0, 0.1) is 5.92 Å². The Hall–Kier alpha value is -2.39. The van der Waals surface area contributed by atoms with Gasteiger partial charge in [-0.05, 0) is 30.2 Å². The van der Waals surface area contributed by atoms with Gasteiger partial charge < -0.3 is 15.0 Å². The highest BCUT2D eigenvalue weighted by atomic mass is 35.5. The zero-order valence-electron chi connectivity index (χ0n) is 16.6. The van der Waals surface area contributed by atoms with Crippen molar-refractivity contribution in [3.8, 4) is 0 Å². The molecule has 0 aromatic carbocycles. The number of nitrogens with zero attached hydrogens (tertiary/aromatic N) is 3. The summed E-state index contributed by atoms with van der Waals surface area (Å²) >= 11 is 7.46. The summed E-state index contributed by atoms with van der Waals surface area (Å²) in [5.74, 6) is -0.254. The normalized spacial score (nSPS) is 15.6. The number of thiophene rings is 1. The van der Waals surface area contributed by atoms with Crippen molar-refractivity contribution in [2.75, 3.05) is 20.2 Å². The van der Waals surface area contributed by atoms with Crippen molar-refractivity contribution in [3.05, 3.63) is 38.3 Å². The first-order valence-corrected chi connectivity index (χ1v) is 11.2. The van der Waals surface area contributed by atoms with Crippen LogP contribution in [0.3, 0.4) is 0 Å². The largest absolute Gasteiger partial charge is 0.469 e. The number of hydrogen-bond donors (Lipinski definition) is 1. The van der Waals surface area contributed by atoms with E-state index in [1.807, 2.05) is 4.68 Å². The van der Waals surface area contributed by atoms with Gasteiger partial charge in [0.1, 0.15) is 4.88 Å². The average molecular weight is 451 g/mol. The molecule has 0 bridgehead atoms. The van der Waals surface area contributed by atoms with Crippen molar-refractivity contribution >= 4 is 40.7 Å². The van der Waals surface area contributed by atoms with E-state index >= 15 is 0 Å². The fraction of sp³-hybridized carbons (Fsp3) is 0.500. The molecule has 0 unspecified atom stereocenters. The maximum Gasteiger partial charge on any atom is 0.307 e. The molecule has 8 nitrogen and oxygen atoms in total. The maximum absolute atomic E-state index is 12.9. The molecule has 0 radical (unpaired) electrons. The van der Waals surface area contributed by atoms with Gasteiger partial charge in [0.25, 0.3) is 11.8 Å². The molecular weight excluding hydrogens is 428 g/mol. The van der Waals surface area contributed by atoms with Crippen molar-refractivity contribution in [3.63, 3.8) is 0 Å². The molecule has 4 rings (SSSR count). The third kappa shape index (κ3) is 4.37. The standard InChI is InChI=1S/C20H23ClN4O4S/c1-29-16(26)4-7-22-19(27)17-13-11-24(20(28)18-14(21)6-9-30-18)8-5-15(13)25(23-17)10-12-2-3-12/h6,9,12H,2-5,7-8,10-11H2,1H3,(H,22,27). The number of carbonyl (C=O) groups excluding carboxylic acids is 3. The Bertz CT molecular complexity index is 982. The minimum absolute atomic E-state index is 0.0920. The molecule has 2 aromatic heterocycles. The highest BCUT2D eigenvalue weighted by molar-refractivity contribution is 7.12. The lowest BCUT2D eigenvalue weighted by molar-refractivity contribution is -0.140. The van der Waals surface area contributed by atoms with Crippen molar-refractivity contribution in [1.29, 1.82) is 0 Å². The van der Waals surface area contributed by atoms with E-state index in [4.69, 9.17) is 11.6 Å². The van der Waals surface area contributed by atoms with Crippen LogP contribution in [0.4, 0.5) is 0 Å². The van der Waals surface area contributed by atoms with Gasteiger partial charge in [-0.1, -0.05) is 11.6 Å². The average Bonchev–Trinajstić information content (AvgIpc) is 3.35. The van der Waals surface area contributed by atoms with E-state index in [0.29, 0.717) is 41.0 Å². The minimum Gasteiger partial charge on any atom is -0.469 e. The number of aromatic nitrogens is 2. The molecular formula is C20H23ClN4O4S. The smallest absolute Gasteiger partial charge is 0.307 e. The van der Waals surface area contributed by atoms with Gasteiger partial charge in [-0.25, -0.2) is 0 Å². The summed E-state index contributed by atoms with van der Waals surface area (Å²) in [4.78, 5) is 39.3. The van der Waals surface area contributed by atoms with E-state index < -0.39 is 0 Å². The number of ether oxygens (including phenoxy) is 1. The fourth-order valence-corrected chi connectivity index (χ4v) is 4.70. The second kappa shape index (κ2) is 8.77. The molecule has 160 valence electrons. The zero-order valence-corrected chi connectivity index (χ0v) is 18.2. The molecule has 0 atom stereocenters. The number of hydrogen-bond acceptors (Lipinski definition) is 6. The predicted octanol–water partition coefficient (Wildman–Crippen LogP) is 2.50. The van der Waals surface area contributed by atoms with Gasteiger partial charge in [0, 0.05) is 37.3 Å². The number of carbonyl (C=O) groups is 3. The summed E-state index contributed by atoms with van der Waals surface area (Å²) in [5.41, 5.74) is 2.12. The third-order valence-corrected chi connectivity index (χ3v) is 6.75. The number of amides is 2. The first-order valence-electron chi connectivity index (χ1n) is 9.93. The molecule has 1 fully saturated rings. The second-order valence-electron chi connectivity index (χ2n) is 7.56. The lowest BCUT2D eigenvalue weighted by Gasteiger charge is -2.27. The summed E-state index contributed by atoms with van der Waals surface area (Å²) in [6, 6.07) is 1.71. The second-order valence-corrected chi connectivity index (χ2v) is 8.88. The molecule has 1 saturated carbocycles. The van der Waals surface area contributed by atoms with Crippen LogP contribution < -0.4 is 5.32 Å².